The first kappa shape index (κ1) is 30.9. The Bertz CT molecular complexity index is 458. The lowest BCUT2D eigenvalue weighted by Gasteiger charge is -2.14. The molecule has 0 bridgehead atoms. The molecule has 2 N–H and O–H groups in total. The topological polar surface area (TPSA) is 60.2 Å². The third-order valence-electron chi connectivity index (χ3n) is 6.58. The van der Waals surface area contributed by atoms with Crippen molar-refractivity contribution >= 4 is 11.7 Å². The summed E-state index contributed by atoms with van der Waals surface area (Å²) in [4.78, 5) is 23.6. The van der Waals surface area contributed by atoms with Crippen LogP contribution in [0.15, 0.2) is 12.2 Å². The molecule has 0 radical (unpaired) electrons. The van der Waals surface area contributed by atoms with Gasteiger partial charge < -0.3 is 5.73 Å². The van der Waals surface area contributed by atoms with E-state index in [1.807, 2.05) is 0 Å². The zero-order valence-corrected chi connectivity index (χ0v) is 21.7. The van der Waals surface area contributed by atoms with Crippen molar-refractivity contribution in [1.29, 1.82) is 0 Å². The van der Waals surface area contributed by atoms with Crippen molar-refractivity contribution in [2.75, 3.05) is 0 Å². The van der Waals surface area contributed by atoms with Gasteiger partial charge in [-0.05, 0) is 38.5 Å². The van der Waals surface area contributed by atoms with E-state index in [-0.39, 0.29) is 11.7 Å². The molecule has 32 heavy (non-hydrogen) atoms. The van der Waals surface area contributed by atoms with Gasteiger partial charge in [0.15, 0.2) is 0 Å². The summed E-state index contributed by atoms with van der Waals surface area (Å²) in [6, 6.07) is 0. The van der Waals surface area contributed by atoms with Crippen molar-refractivity contribution in [3.8, 4) is 0 Å². The van der Waals surface area contributed by atoms with E-state index in [4.69, 9.17) is 5.73 Å². The molecule has 0 rings (SSSR count). The standard InChI is InChI=1S/C29H55NO2/c1-3-5-7-9-11-13-14-15-16-17-18-20-22-24-26-27(28(31)29(30)32)25-23-21-19-12-10-8-6-4-2/h15-16,27H,3-14,17-26H2,1-2H3,(H2,30,32). The Morgan fingerprint density at radius 3 is 1.28 bits per heavy atom. The van der Waals surface area contributed by atoms with Crippen LogP contribution in [0.1, 0.15) is 155 Å². The van der Waals surface area contributed by atoms with Crippen molar-refractivity contribution in [3.05, 3.63) is 12.2 Å². The van der Waals surface area contributed by atoms with E-state index in [0.717, 1.165) is 38.5 Å². The quantitative estimate of drug-likeness (QED) is 0.0859. The Kier molecular flexibility index (Phi) is 23.7. The summed E-state index contributed by atoms with van der Waals surface area (Å²) in [5.74, 6) is -1.24. The third-order valence-corrected chi connectivity index (χ3v) is 6.58. The van der Waals surface area contributed by atoms with Crippen LogP contribution in [0.5, 0.6) is 0 Å². The van der Waals surface area contributed by atoms with E-state index in [0.29, 0.717) is 0 Å². The molecule has 0 aromatic carbocycles. The van der Waals surface area contributed by atoms with Crippen molar-refractivity contribution in [2.24, 2.45) is 11.7 Å². The summed E-state index contributed by atoms with van der Waals surface area (Å²) < 4.78 is 0. The van der Waals surface area contributed by atoms with Gasteiger partial charge in [0, 0.05) is 5.92 Å². The Labute approximate surface area is 200 Å². The molecule has 1 atom stereocenters. The van der Waals surface area contributed by atoms with Crippen LogP contribution in [-0.4, -0.2) is 11.7 Å². The molecule has 0 aliphatic rings. The van der Waals surface area contributed by atoms with Gasteiger partial charge in [-0.1, -0.05) is 129 Å². The normalized spacial score (nSPS) is 12.4. The number of unbranched alkanes of at least 4 members (excludes halogenated alkanes) is 17. The van der Waals surface area contributed by atoms with Crippen LogP contribution >= 0.6 is 0 Å². The first-order valence-corrected chi connectivity index (χ1v) is 14.1. The maximum Gasteiger partial charge on any atom is 0.285 e. The lowest BCUT2D eigenvalue weighted by Crippen LogP contribution is -2.30. The molecular formula is C29H55NO2. The minimum atomic E-state index is -0.745. The zero-order chi connectivity index (χ0) is 23.7. The van der Waals surface area contributed by atoms with Gasteiger partial charge in [-0.2, -0.15) is 0 Å². The molecule has 0 aromatic rings. The van der Waals surface area contributed by atoms with Gasteiger partial charge in [-0.15, -0.1) is 0 Å². The van der Waals surface area contributed by atoms with Gasteiger partial charge in [0.25, 0.3) is 5.91 Å². The summed E-state index contributed by atoms with van der Waals surface area (Å²) >= 11 is 0. The second kappa shape index (κ2) is 24.5. The Morgan fingerprint density at radius 2 is 0.906 bits per heavy atom. The molecule has 0 heterocycles. The summed E-state index contributed by atoms with van der Waals surface area (Å²) in [7, 11) is 0. The minimum absolute atomic E-state index is 0.148. The molecule has 3 nitrogen and oxygen atoms in total. The van der Waals surface area contributed by atoms with Gasteiger partial charge in [0.1, 0.15) is 0 Å². The van der Waals surface area contributed by atoms with E-state index in [1.54, 1.807) is 0 Å². The zero-order valence-electron chi connectivity index (χ0n) is 21.7. The van der Waals surface area contributed by atoms with E-state index in [2.05, 4.69) is 26.0 Å². The van der Waals surface area contributed by atoms with Crippen LogP contribution in [0.3, 0.4) is 0 Å². The van der Waals surface area contributed by atoms with Crippen LogP contribution in [0.2, 0.25) is 0 Å². The number of carbonyl (C=O) groups is 2. The number of primary amides is 1. The second-order valence-corrected chi connectivity index (χ2v) is 9.71. The molecule has 1 amide bonds. The van der Waals surface area contributed by atoms with Crippen LogP contribution < -0.4 is 5.73 Å². The summed E-state index contributed by atoms with van der Waals surface area (Å²) in [5.41, 5.74) is 5.29. The molecule has 0 spiro atoms. The van der Waals surface area contributed by atoms with E-state index in [1.165, 1.54) is 103 Å². The third kappa shape index (κ3) is 20.8. The minimum Gasteiger partial charge on any atom is -0.363 e. The monoisotopic (exact) mass is 449 g/mol. The van der Waals surface area contributed by atoms with Gasteiger partial charge in [0.05, 0.1) is 0 Å². The van der Waals surface area contributed by atoms with Gasteiger partial charge >= 0.3 is 0 Å². The number of amides is 1. The number of carbonyl (C=O) groups excluding carboxylic acids is 2. The molecule has 0 aliphatic carbocycles. The highest BCUT2D eigenvalue weighted by Gasteiger charge is 2.22. The number of allylic oxidation sites excluding steroid dienone is 2. The highest BCUT2D eigenvalue weighted by molar-refractivity contribution is 6.36. The predicted octanol–water partition coefficient (Wildman–Crippen LogP) is 8.84. The molecule has 188 valence electrons. The fraction of sp³-hybridized carbons (Fsp3) is 0.862. The largest absolute Gasteiger partial charge is 0.363 e. The van der Waals surface area contributed by atoms with Crippen LogP contribution in [0, 0.1) is 5.92 Å². The van der Waals surface area contributed by atoms with Crippen molar-refractivity contribution < 1.29 is 9.59 Å². The van der Waals surface area contributed by atoms with E-state index >= 15 is 0 Å². The molecule has 0 aromatic heterocycles. The lowest BCUT2D eigenvalue weighted by molar-refractivity contribution is -0.138. The van der Waals surface area contributed by atoms with Gasteiger partial charge in [-0.25, -0.2) is 0 Å². The Hall–Kier alpha value is -1.12. The fourth-order valence-corrected chi connectivity index (χ4v) is 4.42. The van der Waals surface area contributed by atoms with Crippen molar-refractivity contribution in [3.63, 3.8) is 0 Å². The van der Waals surface area contributed by atoms with Crippen LogP contribution in [-0.2, 0) is 9.59 Å². The number of rotatable bonds is 25. The van der Waals surface area contributed by atoms with E-state index < -0.39 is 5.91 Å². The summed E-state index contributed by atoms with van der Waals surface area (Å²) in [6.07, 6.45) is 31.6. The molecular weight excluding hydrogens is 394 g/mol. The molecule has 0 aliphatic heterocycles. The van der Waals surface area contributed by atoms with Crippen molar-refractivity contribution in [1.82, 2.24) is 0 Å². The average molecular weight is 450 g/mol. The number of Topliss-reactive ketones (excluding diaryl/α,β-unsaturated/α-hetero) is 1. The molecule has 0 saturated heterocycles. The highest BCUT2D eigenvalue weighted by Crippen LogP contribution is 2.20. The number of hydrogen-bond acceptors (Lipinski definition) is 2. The summed E-state index contributed by atoms with van der Waals surface area (Å²) in [6.45, 7) is 4.50. The first-order valence-electron chi connectivity index (χ1n) is 14.1. The summed E-state index contributed by atoms with van der Waals surface area (Å²) in [5, 5.41) is 0. The maximum absolute atomic E-state index is 12.2. The number of ketones is 1. The molecule has 0 fully saturated rings. The highest BCUT2D eigenvalue weighted by atomic mass is 16.2. The first-order chi connectivity index (χ1) is 15.6. The molecule has 1 unspecified atom stereocenters. The van der Waals surface area contributed by atoms with Crippen LogP contribution in [0.25, 0.3) is 0 Å². The van der Waals surface area contributed by atoms with E-state index in [9.17, 15) is 9.59 Å². The predicted molar refractivity (Wildman–Crippen MR) is 140 cm³/mol. The lowest BCUT2D eigenvalue weighted by atomic mass is 9.90. The number of hydrogen-bond donors (Lipinski definition) is 1. The maximum atomic E-state index is 12.2. The fourth-order valence-electron chi connectivity index (χ4n) is 4.42. The second-order valence-electron chi connectivity index (χ2n) is 9.71. The van der Waals surface area contributed by atoms with Gasteiger partial charge in [-0.3, -0.25) is 9.59 Å². The van der Waals surface area contributed by atoms with Gasteiger partial charge in [0.2, 0.25) is 5.78 Å². The SMILES string of the molecule is CCCCCCCCC=CCCCCCCC(CCCCCCCCCC)C(=O)C(N)=O. The van der Waals surface area contributed by atoms with Crippen LogP contribution in [0.4, 0.5) is 0 Å². The average Bonchev–Trinajstić information content (AvgIpc) is 2.79. The Balaban J connectivity index is 3.75. The Morgan fingerprint density at radius 1 is 0.562 bits per heavy atom. The number of nitrogens with two attached hydrogens (primary N) is 1. The smallest absolute Gasteiger partial charge is 0.285 e. The molecule has 0 saturated carbocycles. The van der Waals surface area contributed by atoms with Crippen molar-refractivity contribution in [2.45, 2.75) is 155 Å². The molecule has 3 heteroatoms.